The fourth-order valence-electron chi connectivity index (χ4n) is 1.96. The molecule has 19 heavy (non-hydrogen) atoms. The Kier molecular flexibility index (Phi) is 4.91. The molecule has 0 amide bonds. The van der Waals surface area contributed by atoms with E-state index in [9.17, 15) is 13.0 Å². The summed E-state index contributed by atoms with van der Waals surface area (Å²) in [5, 5.41) is 0. The molecule has 106 valence electrons. The van der Waals surface area contributed by atoms with Gasteiger partial charge in [0.25, 0.3) is 0 Å². The lowest BCUT2D eigenvalue weighted by molar-refractivity contribution is 0.274. The summed E-state index contributed by atoms with van der Waals surface area (Å²) in [7, 11) is -3.48. The molecule has 0 bridgehead atoms. The molecule has 0 aliphatic carbocycles. The van der Waals surface area contributed by atoms with Crippen molar-refractivity contribution in [3.05, 3.63) is 28.7 Å². The first kappa shape index (κ1) is 15.3. The van der Waals surface area contributed by atoms with Crippen LogP contribution in [0.3, 0.4) is 0 Å². The minimum absolute atomic E-state index is 0.279. The molecule has 0 N–H and O–H groups in total. The van der Waals surface area contributed by atoms with Gasteiger partial charge >= 0.3 is 0 Å². The third kappa shape index (κ3) is 3.32. The molecule has 1 heterocycles. The number of sulfonamides is 1. The topological polar surface area (TPSA) is 63.7 Å². The molecular formula is C11H15BrN2O3S2. The van der Waals surface area contributed by atoms with Gasteiger partial charge in [-0.1, -0.05) is 12.1 Å². The second-order valence-electron chi connectivity index (χ2n) is 4.19. The number of piperazine rings is 1. The number of benzene rings is 1. The summed E-state index contributed by atoms with van der Waals surface area (Å²) >= 11 is 2.23. The first-order valence-corrected chi connectivity index (χ1v) is 9.51. The molecule has 1 aliphatic heterocycles. The van der Waals surface area contributed by atoms with E-state index in [1.807, 2.05) is 0 Å². The van der Waals surface area contributed by atoms with Gasteiger partial charge in [0, 0.05) is 28.9 Å². The zero-order valence-electron chi connectivity index (χ0n) is 10.5. The van der Waals surface area contributed by atoms with E-state index in [1.165, 1.54) is 4.31 Å². The van der Waals surface area contributed by atoms with Gasteiger partial charge in [0.2, 0.25) is 10.0 Å². The molecule has 0 aromatic heterocycles. The molecule has 2 rings (SSSR count). The molecule has 0 spiro atoms. The molecule has 1 aromatic rings. The highest BCUT2D eigenvalue weighted by Gasteiger charge is 2.32. The third-order valence-corrected chi connectivity index (χ3v) is 7.02. The second-order valence-corrected chi connectivity index (χ2v) is 8.31. The van der Waals surface area contributed by atoms with Crippen LogP contribution >= 0.6 is 15.9 Å². The summed E-state index contributed by atoms with van der Waals surface area (Å²) < 4.78 is 40.1. The van der Waals surface area contributed by atoms with Gasteiger partial charge < -0.3 is 4.55 Å². The van der Waals surface area contributed by atoms with Crippen molar-refractivity contribution in [1.82, 2.24) is 8.61 Å². The fraction of sp³-hybridized carbons (Fsp3) is 0.455. The zero-order valence-corrected chi connectivity index (χ0v) is 13.7. The SMILES string of the molecule is C[S+]([O-])N1CCN(S(=O)(=O)c2ccccc2Br)CC1. The largest absolute Gasteiger partial charge is 0.598 e. The van der Waals surface area contributed by atoms with Crippen molar-refractivity contribution in [2.75, 3.05) is 32.4 Å². The highest BCUT2D eigenvalue weighted by atomic mass is 79.9. The first-order chi connectivity index (χ1) is 8.93. The van der Waals surface area contributed by atoms with Crippen molar-refractivity contribution in [1.29, 1.82) is 0 Å². The maximum atomic E-state index is 12.5. The van der Waals surface area contributed by atoms with Crippen molar-refractivity contribution in [2.45, 2.75) is 4.90 Å². The van der Waals surface area contributed by atoms with Gasteiger partial charge in [0.05, 0.1) is 18.0 Å². The van der Waals surface area contributed by atoms with E-state index in [0.29, 0.717) is 30.7 Å². The van der Waals surface area contributed by atoms with Crippen LogP contribution in [0.25, 0.3) is 0 Å². The standard InChI is InChI=1S/C11H15BrN2O3S2/c1-18(15)13-6-8-14(9-7-13)19(16,17)11-5-3-2-4-10(11)12/h2-5H,6-9H2,1H3. The van der Waals surface area contributed by atoms with Gasteiger partial charge in [-0.15, -0.1) is 4.31 Å². The van der Waals surface area contributed by atoms with Crippen LogP contribution in [0.15, 0.2) is 33.6 Å². The minimum atomic E-state index is -3.48. The Morgan fingerprint density at radius 2 is 1.79 bits per heavy atom. The maximum absolute atomic E-state index is 12.5. The summed E-state index contributed by atoms with van der Waals surface area (Å²) in [6.45, 7) is 1.71. The number of halogens is 1. The second kappa shape index (κ2) is 6.11. The van der Waals surface area contributed by atoms with E-state index in [2.05, 4.69) is 15.9 Å². The molecule has 0 saturated carbocycles. The average molecular weight is 367 g/mol. The number of hydrogen-bond donors (Lipinski definition) is 0. The summed E-state index contributed by atoms with van der Waals surface area (Å²) in [4.78, 5) is 0.279. The van der Waals surface area contributed by atoms with Gasteiger partial charge in [0.15, 0.2) is 0 Å². The van der Waals surface area contributed by atoms with Crippen LogP contribution in [-0.2, 0) is 21.4 Å². The van der Waals surface area contributed by atoms with Gasteiger partial charge in [-0.2, -0.15) is 4.31 Å². The Labute approximate surface area is 125 Å². The van der Waals surface area contributed by atoms with E-state index >= 15 is 0 Å². The van der Waals surface area contributed by atoms with E-state index in [-0.39, 0.29) is 4.90 Å². The lowest BCUT2D eigenvalue weighted by atomic mass is 10.4. The summed E-state index contributed by atoms with van der Waals surface area (Å²) in [6, 6.07) is 6.78. The van der Waals surface area contributed by atoms with Crippen molar-refractivity contribution in [3.63, 3.8) is 0 Å². The van der Waals surface area contributed by atoms with Crippen LogP contribution in [0.2, 0.25) is 0 Å². The van der Waals surface area contributed by atoms with Crippen LogP contribution in [-0.4, -0.2) is 54.0 Å². The molecular weight excluding hydrogens is 352 g/mol. The molecule has 1 aromatic carbocycles. The molecule has 1 aliphatic rings. The first-order valence-electron chi connectivity index (χ1n) is 5.76. The molecule has 0 radical (unpaired) electrons. The predicted octanol–water partition coefficient (Wildman–Crippen LogP) is 1.05. The molecule has 1 atom stereocenters. The Bertz CT molecular complexity index is 543. The van der Waals surface area contributed by atoms with Gasteiger partial charge in [-0.3, -0.25) is 0 Å². The van der Waals surface area contributed by atoms with E-state index in [0.717, 1.165) is 0 Å². The molecule has 8 heteroatoms. The van der Waals surface area contributed by atoms with Crippen molar-refractivity contribution in [2.24, 2.45) is 0 Å². The molecule has 5 nitrogen and oxygen atoms in total. The normalized spacial score (nSPS) is 20.4. The summed E-state index contributed by atoms with van der Waals surface area (Å²) in [6.07, 6.45) is 1.61. The molecule has 1 fully saturated rings. The quantitative estimate of drug-likeness (QED) is 0.750. The lowest BCUT2D eigenvalue weighted by Crippen LogP contribution is -2.50. The van der Waals surface area contributed by atoms with E-state index in [1.54, 1.807) is 34.8 Å². The summed E-state index contributed by atoms with van der Waals surface area (Å²) in [5.74, 6) is 0. The highest BCUT2D eigenvalue weighted by molar-refractivity contribution is 9.10. The summed E-state index contributed by atoms with van der Waals surface area (Å²) in [5.41, 5.74) is 0. The number of rotatable bonds is 3. The molecule has 1 unspecified atom stereocenters. The van der Waals surface area contributed by atoms with Gasteiger partial charge in [0.1, 0.15) is 6.26 Å². The highest BCUT2D eigenvalue weighted by Crippen LogP contribution is 2.25. The number of nitrogens with zero attached hydrogens (tertiary/aromatic N) is 2. The van der Waals surface area contributed by atoms with Crippen LogP contribution in [0.4, 0.5) is 0 Å². The minimum Gasteiger partial charge on any atom is -0.598 e. The van der Waals surface area contributed by atoms with Crippen molar-refractivity contribution < 1.29 is 13.0 Å². The van der Waals surface area contributed by atoms with E-state index < -0.39 is 21.4 Å². The van der Waals surface area contributed by atoms with Crippen LogP contribution in [0.1, 0.15) is 0 Å². The van der Waals surface area contributed by atoms with Crippen molar-refractivity contribution >= 4 is 37.3 Å². The Balaban J connectivity index is 2.17. The smallest absolute Gasteiger partial charge is 0.244 e. The molecule has 1 saturated heterocycles. The van der Waals surface area contributed by atoms with Gasteiger partial charge in [-0.25, -0.2) is 8.42 Å². The Morgan fingerprint density at radius 3 is 2.32 bits per heavy atom. The monoisotopic (exact) mass is 366 g/mol. The Hall–Kier alpha value is -0.120. The van der Waals surface area contributed by atoms with Crippen molar-refractivity contribution in [3.8, 4) is 0 Å². The van der Waals surface area contributed by atoms with Gasteiger partial charge in [-0.05, 0) is 28.1 Å². The van der Waals surface area contributed by atoms with Crippen LogP contribution in [0.5, 0.6) is 0 Å². The lowest BCUT2D eigenvalue weighted by Gasteiger charge is -2.32. The maximum Gasteiger partial charge on any atom is 0.244 e. The fourth-order valence-corrected chi connectivity index (χ4v) is 5.02. The zero-order chi connectivity index (χ0) is 14.0. The van der Waals surface area contributed by atoms with E-state index in [4.69, 9.17) is 0 Å². The predicted molar refractivity (Wildman–Crippen MR) is 78.5 cm³/mol. The number of hydrogen-bond acceptors (Lipinski definition) is 4. The third-order valence-electron chi connectivity index (χ3n) is 3.02. The average Bonchev–Trinajstić information content (AvgIpc) is 2.39. The van der Waals surface area contributed by atoms with Crippen LogP contribution in [0, 0.1) is 0 Å². The van der Waals surface area contributed by atoms with Crippen LogP contribution < -0.4 is 0 Å². The Morgan fingerprint density at radius 1 is 1.21 bits per heavy atom.